The predicted octanol–water partition coefficient (Wildman–Crippen LogP) is 1.97. The molecule has 1 heterocycles. The van der Waals surface area contributed by atoms with Gasteiger partial charge in [0.1, 0.15) is 6.61 Å². The summed E-state index contributed by atoms with van der Waals surface area (Å²) in [6, 6.07) is 1.43. The van der Waals surface area contributed by atoms with Gasteiger partial charge in [-0.15, -0.1) is 0 Å². The van der Waals surface area contributed by atoms with E-state index in [0.717, 1.165) is 18.6 Å². The van der Waals surface area contributed by atoms with E-state index in [-0.39, 0.29) is 30.9 Å². The fourth-order valence-electron chi connectivity index (χ4n) is 1.59. The van der Waals surface area contributed by atoms with Crippen LogP contribution < -0.4 is 15.8 Å². The summed E-state index contributed by atoms with van der Waals surface area (Å²) < 4.78 is 42.2. The molecule has 0 radical (unpaired) electrons. The lowest BCUT2D eigenvalue weighted by Gasteiger charge is -2.17. The molecule has 2 unspecified atom stereocenters. The maximum atomic E-state index is 12.3. The van der Waals surface area contributed by atoms with Gasteiger partial charge < -0.3 is 15.8 Å². The van der Waals surface area contributed by atoms with Crippen LogP contribution in [0.1, 0.15) is 25.8 Å². The van der Waals surface area contributed by atoms with Crippen molar-refractivity contribution in [3.63, 3.8) is 0 Å². The molecule has 0 bridgehead atoms. The van der Waals surface area contributed by atoms with E-state index in [0.29, 0.717) is 6.20 Å². The van der Waals surface area contributed by atoms with E-state index in [1.165, 1.54) is 0 Å². The summed E-state index contributed by atoms with van der Waals surface area (Å²) in [4.78, 5) is 15.2. The third-order valence-corrected chi connectivity index (χ3v) is 3.27. The van der Waals surface area contributed by atoms with Crippen LogP contribution in [-0.2, 0) is 11.0 Å². The van der Waals surface area contributed by atoms with Crippen LogP contribution in [0, 0.1) is 5.92 Å². The van der Waals surface area contributed by atoms with Crippen molar-refractivity contribution in [1.29, 1.82) is 0 Å². The van der Waals surface area contributed by atoms with Gasteiger partial charge in [0.2, 0.25) is 11.8 Å². The number of halogens is 3. The lowest BCUT2D eigenvalue weighted by Crippen LogP contribution is -2.45. The van der Waals surface area contributed by atoms with Crippen LogP contribution in [0.4, 0.5) is 13.2 Å². The van der Waals surface area contributed by atoms with E-state index in [1.54, 1.807) is 0 Å². The number of nitrogens with one attached hydrogen (secondary N) is 1. The highest BCUT2D eigenvalue weighted by molar-refractivity contribution is 5.81. The van der Waals surface area contributed by atoms with Gasteiger partial charge in [0, 0.05) is 12.3 Å². The van der Waals surface area contributed by atoms with Crippen LogP contribution in [0.3, 0.4) is 0 Å². The van der Waals surface area contributed by atoms with Crippen molar-refractivity contribution in [1.82, 2.24) is 10.3 Å². The molecule has 0 fully saturated rings. The van der Waals surface area contributed by atoms with E-state index in [4.69, 9.17) is 10.5 Å². The molecular weight excluding hydrogens is 299 g/mol. The molecule has 0 aliphatic heterocycles. The van der Waals surface area contributed by atoms with Crippen LogP contribution in [0.2, 0.25) is 0 Å². The van der Waals surface area contributed by atoms with E-state index < -0.39 is 17.8 Å². The second kappa shape index (κ2) is 7.98. The van der Waals surface area contributed by atoms with Gasteiger partial charge in [0.05, 0.1) is 18.2 Å². The third-order valence-electron chi connectivity index (χ3n) is 3.27. The number of rotatable bonds is 7. The third kappa shape index (κ3) is 5.51. The summed E-state index contributed by atoms with van der Waals surface area (Å²) in [6.45, 7) is 4.12. The molecule has 1 rings (SSSR count). The number of aromatic nitrogens is 1. The second-order valence-corrected chi connectivity index (χ2v) is 4.93. The molecule has 1 amide bonds. The SMILES string of the molecule is CCC(C)C(N)C(=O)NCCOc1ccc(C(F)(F)F)cn1. The zero-order valence-corrected chi connectivity index (χ0v) is 12.5. The highest BCUT2D eigenvalue weighted by Gasteiger charge is 2.30. The Bertz CT molecular complexity index is 477. The number of alkyl halides is 3. The largest absolute Gasteiger partial charge is 0.476 e. The Morgan fingerprint density at radius 2 is 2.14 bits per heavy atom. The van der Waals surface area contributed by atoms with Crippen molar-refractivity contribution in [2.24, 2.45) is 11.7 Å². The van der Waals surface area contributed by atoms with Gasteiger partial charge in [-0.25, -0.2) is 4.98 Å². The van der Waals surface area contributed by atoms with Gasteiger partial charge in [0.15, 0.2) is 0 Å². The molecule has 3 N–H and O–H groups in total. The Balaban J connectivity index is 2.34. The molecule has 8 heteroatoms. The summed E-state index contributed by atoms with van der Waals surface area (Å²) in [6.07, 6.45) is -2.93. The summed E-state index contributed by atoms with van der Waals surface area (Å²) in [7, 11) is 0. The summed E-state index contributed by atoms with van der Waals surface area (Å²) in [5.74, 6) is -0.149. The van der Waals surface area contributed by atoms with Gasteiger partial charge in [-0.2, -0.15) is 13.2 Å². The number of carbonyl (C=O) groups excluding carboxylic acids is 1. The number of nitrogens with zero attached hydrogens (tertiary/aromatic N) is 1. The number of amides is 1. The number of pyridine rings is 1. The van der Waals surface area contributed by atoms with Crippen molar-refractivity contribution in [3.8, 4) is 5.88 Å². The average Bonchev–Trinajstić information content (AvgIpc) is 2.49. The maximum Gasteiger partial charge on any atom is 0.417 e. The first kappa shape index (κ1) is 18.2. The predicted molar refractivity (Wildman–Crippen MR) is 75.2 cm³/mol. The minimum atomic E-state index is -4.42. The molecule has 5 nitrogen and oxygen atoms in total. The molecule has 22 heavy (non-hydrogen) atoms. The second-order valence-electron chi connectivity index (χ2n) is 4.93. The van der Waals surface area contributed by atoms with Crippen LogP contribution in [-0.4, -0.2) is 30.1 Å². The molecule has 0 saturated carbocycles. The molecule has 2 atom stereocenters. The van der Waals surface area contributed by atoms with Crippen molar-refractivity contribution >= 4 is 5.91 Å². The minimum Gasteiger partial charge on any atom is -0.476 e. The fraction of sp³-hybridized carbons (Fsp3) is 0.571. The summed E-state index contributed by atoms with van der Waals surface area (Å²) in [5, 5.41) is 2.61. The number of ether oxygens (including phenoxy) is 1. The Kier molecular flexibility index (Phi) is 6.61. The Labute approximate surface area is 127 Å². The molecule has 124 valence electrons. The fourth-order valence-corrected chi connectivity index (χ4v) is 1.59. The van der Waals surface area contributed by atoms with Gasteiger partial charge in [-0.05, 0) is 12.0 Å². The van der Waals surface area contributed by atoms with Crippen molar-refractivity contribution in [2.45, 2.75) is 32.5 Å². The lowest BCUT2D eigenvalue weighted by atomic mass is 9.99. The highest BCUT2D eigenvalue weighted by Crippen LogP contribution is 2.29. The van der Waals surface area contributed by atoms with Gasteiger partial charge in [-0.1, -0.05) is 20.3 Å². The Morgan fingerprint density at radius 1 is 1.45 bits per heavy atom. The molecular formula is C14H20F3N3O2. The molecule has 0 aromatic carbocycles. The molecule has 1 aromatic heterocycles. The molecule has 0 spiro atoms. The zero-order valence-electron chi connectivity index (χ0n) is 12.5. The number of nitrogens with two attached hydrogens (primary N) is 1. The topological polar surface area (TPSA) is 77.2 Å². The van der Waals surface area contributed by atoms with Crippen LogP contribution in [0.5, 0.6) is 5.88 Å². The lowest BCUT2D eigenvalue weighted by molar-refractivity contribution is -0.137. The standard InChI is InChI=1S/C14H20F3N3O2/c1-3-9(2)12(18)13(21)19-6-7-22-11-5-4-10(8-20-11)14(15,16)17/h4-5,8-9,12H,3,6-7,18H2,1-2H3,(H,19,21). The Morgan fingerprint density at radius 3 is 2.64 bits per heavy atom. The van der Waals surface area contributed by atoms with Crippen LogP contribution in [0.15, 0.2) is 18.3 Å². The van der Waals surface area contributed by atoms with Crippen molar-refractivity contribution < 1.29 is 22.7 Å². The van der Waals surface area contributed by atoms with E-state index >= 15 is 0 Å². The number of carbonyl (C=O) groups is 1. The van der Waals surface area contributed by atoms with Crippen LogP contribution >= 0.6 is 0 Å². The smallest absolute Gasteiger partial charge is 0.417 e. The van der Waals surface area contributed by atoms with Crippen LogP contribution in [0.25, 0.3) is 0 Å². The summed E-state index contributed by atoms with van der Waals surface area (Å²) >= 11 is 0. The molecule has 0 aliphatic rings. The van der Waals surface area contributed by atoms with Crippen molar-refractivity contribution in [3.05, 3.63) is 23.9 Å². The van der Waals surface area contributed by atoms with Gasteiger partial charge in [0.25, 0.3) is 0 Å². The van der Waals surface area contributed by atoms with Crippen molar-refractivity contribution in [2.75, 3.05) is 13.2 Å². The zero-order chi connectivity index (χ0) is 16.8. The molecule has 0 saturated heterocycles. The average molecular weight is 319 g/mol. The monoisotopic (exact) mass is 319 g/mol. The highest BCUT2D eigenvalue weighted by atomic mass is 19.4. The minimum absolute atomic E-state index is 0.0634. The first-order chi connectivity index (χ1) is 10.3. The number of hydrogen-bond donors (Lipinski definition) is 2. The van der Waals surface area contributed by atoms with Gasteiger partial charge in [-0.3, -0.25) is 4.79 Å². The normalized spacial score (nSPS) is 14.3. The van der Waals surface area contributed by atoms with E-state index in [2.05, 4.69) is 10.3 Å². The quantitative estimate of drug-likeness (QED) is 0.753. The summed E-state index contributed by atoms with van der Waals surface area (Å²) in [5.41, 5.74) is 4.91. The maximum absolute atomic E-state index is 12.3. The van der Waals surface area contributed by atoms with E-state index in [9.17, 15) is 18.0 Å². The van der Waals surface area contributed by atoms with Gasteiger partial charge >= 0.3 is 6.18 Å². The van der Waals surface area contributed by atoms with E-state index in [1.807, 2.05) is 13.8 Å². The molecule has 1 aromatic rings. The first-order valence-corrected chi connectivity index (χ1v) is 6.95. The Hall–Kier alpha value is -1.83. The molecule has 0 aliphatic carbocycles. The first-order valence-electron chi connectivity index (χ1n) is 6.95. The number of hydrogen-bond acceptors (Lipinski definition) is 4.